The van der Waals surface area contributed by atoms with E-state index in [1.807, 2.05) is 44.4 Å². The molecule has 5 nitrogen and oxygen atoms in total. The van der Waals surface area contributed by atoms with Crippen LogP contribution in [0.3, 0.4) is 0 Å². The van der Waals surface area contributed by atoms with Crippen LogP contribution in [0.5, 0.6) is 0 Å². The molecule has 0 atom stereocenters. The Kier molecular flexibility index (Phi) is 4.42. The van der Waals surface area contributed by atoms with Crippen molar-refractivity contribution in [3.05, 3.63) is 41.5 Å². The lowest BCUT2D eigenvalue weighted by Crippen LogP contribution is -2.08. The van der Waals surface area contributed by atoms with E-state index in [4.69, 9.17) is 0 Å². The molecule has 0 unspecified atom stereocenters. The van der Waals surface area contributed by atoms with Crippen molar-refractivity contribution in [1.29, 1.82) is 5.26 Å². The molecule has 1 aromatic carbocycles. The third-order valence-corrected chi connectivity index (χ3v) is 4.19. The third kappa shape index (κ3) is 3.26. The number of nitriles is 1. The first-order valence-corrected chi connectivity index (χ1v) is 8.00. The molecule has 118 valence electrons. The number of allylic oxidation sites excluding steroid dienone is 1. The second-order valence-electron chi connectivity index (χ2n) is 6.06. The molecule has 2 aromatic rings. The van der Waals surface area contributed by atoms with Crippen molar-refractivity contribution in [2.24, 2.45) is 0 Å². The summed E-state index contributed by atoms with van der Waals surface area (Å²) in [5.74, 6) is 1.70. The smallest absolute Gasteiger partial charge is 0.174 e. The fourth-order valence-corrected chi connectivity index (χ4v) is 2.87. The van der Waals surface area contributed by atoms with Crippen LogP contribution in [0.15, 0.2) is 24.3 Å². The molecule has 0 amide bonds. The fraction of sp³-hybridized carbons (Fsp3) is 0.389. The zero-order valence-electron chi connectivity index (χ0n) is 13.7. The molecule has 1 aliphatic heterocycles. The minimum atomic E-state index is 0.572. The molecule has 0 N–H and O–H groups in total. The van der Waals surface area contributed by atoms with Gasteiger partial charge in [-0.3, -0.25) is 0 Å². The van der Waals surface area contributed by atoms with Crippen molar-refractivity contribution in [2.45, 2.75) is 32.2 Å². The number of hydrogen-bond donors (Lipinski definition) is 0. The minimum absolute atomic E-state index is 0.572. The van der Waals surface area contributed by atoms with Crippen LogP contribution in [0.1, 0.15) is 36.5 Å². The van der Waals surface area contributed by atoms with Gasteiger partial charge in [0.2, 0.25) is 0 Å². The third-order valence-electron chi connectivity index (χ3n) is 4.19. The minimum Gasteiger partial charge on any atom is -0.378 e. The second kappa shape index (κ2) is 6.66. The second-order valence-corrected chi connectivity index (χ2v) is 6.06. The average Bonchev–Trinajstić information content (AvgIpc) is 2.81. The van der Waals surface area contributed by atoms with Crippen molar-refractivity contribution in [3.63, 3.8) is 0 Å². The Balaban J connectivity index is 1.94. The van der Waals surface area contributed by atoms with Gasteiger partial charge in [-0.2, -0.15) is 5.26 Å². The van der Waals surface area contributed by atoms with Gasteiger partial charge in [0.05, 0.1) is 5.57 Å². The molecule has 3 rings (SSSR count). The Morgan fingerprint density at radius 2 is 1.96 bits per heavy atom. The van der Waals surface area contributed by atoms with Gasteiger partial charge in [0.1, 0.15) is 11.9 Å². The zero-order valence-corrected chi connectivity index (χ0v) is 13.7. The highest BCUT2D eigenvalue weighted by atomic mass is 15.3. The molecule has 23 heavy (non-hydrogen) atoms. The number of fused-ring (bicyclic) bond motifs is 1. The van der Waals surface area contributed by atoms with Crippen molar-refractivity contribution in [3.8, 4) is 6.07 Å². The molecule has 0 saturated heterocycles. The van der Waals surface area contributed by atoms with Crippen LogP contribution in [0.2, 0.25) is 0 Å². The molecule has 0 bridgehead atoms. The van der Waals surface area contributed by atoms with Crippen LogP contribution < -0.4 is 4.90 Å². The number of aromatic nitrogens is 3. The monoisotopic (exact) mass is 307 g/mol. The van der Waals surface area contributed by atoms with E-state index >= 15 is 0 Å². The van der Waals surface area contributed by atoms with Crippen molar-refractivity contribution in [2.75, 3.05) is 19.0 Å². The van der Waals surface area contributed by atoms with Crippen LogP contribution in [-0.4, -0.2) is 28.9 Å². The molecule has 2 heterocycles. The number of benzene rings is 1. The molecular formula is C18H21N5. The van der Waals surface area contributed by atoms with Gasteiger partial charge in [-0.1, -0.05) is 18.6 Å². The quantitative estimate of drug-likeness (QED) is 0.817. The van der Waals surface area contributed by atoms with E-state index < -0.39 is 0 Å². The van der Waals surface area contributed by atoms with Crippen molar-refractivity contribution >= 4 is 17.3 Å². The number of hydrogen-bond acceptors (Lipinski definition) is 4. The van der Waals surface area contributed by atoms with E-state index in [9.17, 15) is 5.26 Å². The molecule has 0 fully saturated rings. The first-order chi connectivity index (χ1) is 11.2. The molecule has 0 aliphatic carbocycles. The van der Waals surface area contributed by atoms with Gasteiger partial charge >= 0.3 is 0 Å². The Bertz CT molecular complexity index is 747. The van der Waals surface area contributed by atoms with Crippen LogP contribution >= 0.6 is 0 Å². The van der Waals surface area contributed by atoms with Gasteiger partial charge in [0, 0.05) is 32.7 Å². The summed E-state index contributed by atoms with van der Waals surface area (Å²) in [7, 11) is 4.02. The predicted octanol–water partition coefficient (Wildman–Crippen LogP) is 3.13. The lowest BCUT2D eigenvalue weighted by molar-refractivity contribution is 0.627. The highest BCUT2D eigenvalue weighted by molar-refractivity contribution is 5.87. The number of aryl methyl sites for hydroxylation is 1. The lowest BCUT2D eigenvalue weighted by Gasteiger charge is -2.12. The van der Waals surface area contributed by atoms with Crippen LogP contribution in [0.4, 0.5) is 5.69 Å². The lowest BCUT2D eigenvalue weighted by atomic mass is 10.1. The maximum Gasteiger partial charge on any atom is 0.174 e. The Hall–Kier alpha value is -2.61. The topological polar surface area (TPSA) is 57.7 Å². The summed E-state index contributed by atoms with van der Waals surface area (Å²) in [4.78, 5) is 2.05. The number of anilines is 1. The highest BCUT2D eigenvalue weighted by Gasteiger charge is 2.17. The first kappa shape index (κ1) is 15.3. The molecular weight excluding hydrogens is 286 g/mol. The van der Waals surface area contributed by atoms with Gasteiger partial charge in [-0.05, 0) is 36.6 Å². The summed E-state index contributed by atoms with van der Waals surface area (Å²) in [6.45, 7) is 0.899. The summed E-state index contributed by atoms with van der Waals surface area (Å²) >= 11 is 0. The normalized spacial score (nSPS) is 14.7. The van der Waals surface area contributed by atoms with E-state index in [0.29, 0.717) is 11.4 Å². The van der Waals surface area contributed by atoms with Gasteiger partial charge in [-0.25, -0.2) is 0 Å². The van der Waals surface area contributed by atoms with Gasteiger partial charge in [0.25, 0.3) is 0 Å². The van der Waals surface area contributed by atoms with E-state index in [0.717, 1.165) is 42.9 Å². The summed E-state index contributed by atoms with van der Waals surface area (Å²) < 4.78 is 2.11. The van der Waals surface area contributed by atoms with Crippen LogP contribution in [0.25, 0.3) is 11.6 Å². The van der Waals surface area contributed by atoms with E-state index in [-0.39, 0.29) is 0 Å². The standard InChI is InChI=1S/C18H21N5/c1-22(2)16-9-7-14(8-10-16)12-15(13-19)18-21-20-17-6-4-3-5-11-23(17)18/h7-10,12H,3-6,11H2,1-2H3/b15-12+. The largest absolute Gasteiger partial charge is 0.378 e. The summed E-state index contributed by atoms with van der Waals surface area (Å²) in [6, 6.07) is 10.4. The Labute approximate surface area is 136 Å². The summed E-state index contributed by atoms with van der Waals surface area (Å²) in [5.41, 5.74) is 2.71. The zero-order chi connectivity index (χ0) is 16.2. The molecule has 0 radical (unpaired) electrons. The predicted molar refractivity (Wildman–Crippen MR) is 91.8 cm³/mol. The van der Waals surface area contributed by atoms with E-state index in [1.165, 1.54) is 6.42 Å². The van der Waals surface area contributed by atoms with Gasteiger partial charge < -0.3 is 9.47 Å². The van der Waals surface area contributed by atoms with Crippen molar-refractivity contribution in [1.82, 2.24) is 14.8 Å². The molecule has 1 aliphatic rings. The highest BCUT2D eigenvalue weighted by Crippen LogP contribution is 2.22. The van der Waals surface area contributed by atoms with Gasteiger partial charge in [-0.15, -0.1) is 10.2 Å². The number of rotatable bonds is 3. The van der Waals surface area contributed by atoms with E-state index in [2.05, 4.69) is 25.7 Å². The van der Waals surface area contributed by atoms with Crippen LogP contribution in [-0.2, 0) is 13.0 Å². The molecule has 1 aromatic heterocycles. The fourth-order valence-electron chi connectivity index (χ4n) is 2.87. The molecule has 5 heteroatoms. The van der Waals surface area contributed by atoms with Crippen LogP contribution in [0, 0.1) is 11.3 Å². The maximum absolute atomic E-state index is 9.57. The number of nitrogens with zero attached hydrogens (tertiary/aromatic N) is 5. The SMILES string of the molecule is CN(C)c1ccc(/C=C(\C#N)c2nnc3n2CCCCC3)cc1. The Morgan fingerprint density at radius 3 is 2.65 bits per heavy atom. The summed E-state index contributed by atoms with van der Waals surface area (Å²) in [5, 5.41) is 18.1. The van der Waals surface area contributed by atoms with E-state index in [1.54, 1.807) is 0 Å². The summed E-state index contributed by atoms with van der Waals surface area (Å²) in [6.07, 6.45) is 6.31. The maximum atomic E-state index is 9.57. The van der Waals surface area contributed by atoms with Crippen molar-refractivity contribution < 1.29 is 0 Å². The molecule has 0 spiro atoms. The Morgan fingerprint density at radius 1 is 1.17 bits per heavy atom. The average molecular weight is 307 g/mol. The first-order valence-electron chi connectivity index (χ1n) is 8.00. The van der Waals surface area contributed by atoms with Gasteiger partial charge in [0.15, 0.2) is 5.82 Å². The molecule has 0 saturated carbocycles.